The van der Waals surface area contributed by atoms with Crippen LogP contribution in [0.3, 0.4) is 0 Å². The van der Waals surface area contributed by atoms with Gasteiger partial charge >= 0.3 is 0 Å². The molecule has 3 aromatic rings. The van der Waals surface area contributed by atoms with Crippen LogP contribution in [0.4, 0.5) is 5.82 Å². The van der Waals surface area contributed by atoms with Crippen molar-refractivity contribution < 1.29 is 0 Å². The lowest BCUT2D eigenvalue weighted by Gasteiger charge is -2.10. The zero-order valence-corrected chi connectivity index (χ0v) is 12.0. The molecule has 0 amide bonds. The molecule has 1 aromatic carbocycles. The van der Waals surface area contributed by atoms with Crippen LogP contribution in [0.1, 0.15) is 25.5 Å². The number of nitrogens with zero attached hydrogens (tertiary/aromatic N) is 3. The molecule has 2 aromatic heterocycles. The molecule has 5 heteroatoms. The zero-order chi connectivity index (χ0) is 14.8. The first kappa shape index (κ1) is 13.5. The lowest BCUT2D eigenvalue weighted by Crippen LogP contribution is -2.11. The molecular formula is C16H17N5. The first-order chi connectivity index (χ1) is 10.2. The average Bonchev–Trinajstić information content (AvgIpc) is 2.53. The van der Waals surface area contributed by atoms with Crippen LogP contribution in [0.25, 0.3) is 22.4 Å². The summed E-state index contributed by atoms with van der Waals surface area (Å²) in [5.74, 6) is 6.97. The Morgan fingerprint density at radius 2 is 1.81 bits per heavy atom. The van der Waals surface area contributed by atoms with E-state index >= 15 is 0 Å². The molecule has 0 bridgehead atoms. The number of hydrogen-bond acceptors (Lipinski definition) is 5. The Kier molecular flexibility index (Phi) is 3.50. The van der Waals surface area contributed by atoms with E-state index < -0.39 is 0 Å². The Hall–Kier alpha value is -2.53. The van der Waals surface area contributed by atoms with Crippen LogP contribution in [0.5, 0.6) is 0 Å². The molecule has 106 valence electrons. The van der Waals surface area contributed by atoms with Crippen LogP contribution in [-0.4, -0.2) is 15.0 Å². The van der Waals surface area contributed by atoms with Crippen LogP contribution in [0.15, 0.2) is 42.5 Å². The fourth-order valence-corrected chi connectivity index (χ4v) is 2.14. The Bertz CT molecular complexity index is 782. The van der Waals surface area contributed by atoms with Gasteiger partial charge in [-0.3, -0.25) is 0 Å². The van der Waals surface area contributed by atoms with Crippen LogP contribution in [-0.2, 0) is 0 Å². The number of benzene rings is 1. The van der Waals surface area contributed by atoms with Crippen LogP contribution >= 0.6 is 0 Å². The SMILES string of the molecule is CC(C)c1cc(NN)nc(-c2ccc3ccccc3n2)n1. The fourth-order valence-electron chi connectivity index (χ4n) is 2.14. The monoisotopic (exact) mass is 279 g/mol. The highest BCUT2D eigenvalue weighted by Crippen LogP contribution is 2.22. The standard InChI is InChI=1S/C16H17N5/c1-10(2)14-9-15(21-17)20-16(19-14)13-8-7-11-5-3-4-6-12(11)18-13/h3-10H,17H2,1-2H3,(H,19,20,21). The van der Waals surface area contributed by atoms with E-state index in [1.54, 1.807) is 0 Å². The van der Waals surface area contributed by atoms with Gasteiger partial charge in [0.25, 0.3) is 0 Å². The van der Waals surface area contributed by atoms with Crippen molar-refractivity contribution in [1.82, 2.24) is 15.0 Å². The molecule has 0 saturated carbocycles. The molecule has 3 N–H and O–H groups in total. The van der Waals surface area contributed by atoms with Gasteiger partial charge < -0.3 is 5.43 Å². The number of pyridine rings is 1. The van der Waals surface area contributed by atoms with Crippen molar-refractivity contribution in [3.8, 4) is 11.5 Å². The van der Waals surface area contributed by atoms with Gasteiger partial charge in [-0.05, 0) is 18.1 Å². The summed E-state index contributed by atoms with van der Waals surface area (Å²) >= 11 is 0. The Labute approximate surface area is 123 Å². The highest BCUT2D eigenvalue weighted by Gasteiger charge is 2.10. The van der Waals surface area contributed by atoms with E-state index in [1.807, 2.05) is 42.5 Å². The molecule has 0 unspecified atom stereocenters. The molecule has 3 rings (SSSR count). The third kappa shape index (κ3) is 2.68. The zero-order valence-electron chi connectivity index (χ0n) is 12.0. The predicted molar refractivity (Wildman–Crippen MR) is 84.7 cm³/mol. The van der Waals surface area contributed by atoms with Gasteiger partial charge in [0, 0.05) is 17.1 Å². The highest BCUT2D eigenvalue weighted by molar-refractivity contribution is 5.80. The summed E-state index contributed by atoms with van der Waals surface area (Å²) in [6.07, 6.45) is 0. The van der Waals surface area contributed by atoms with Crippen LogP contribution < -0.4 is 11.3 Å². The number of aromatic nitrogens is 3. The van der Waals surface area contributed by atoms with Gasteiger partial charge in [-0.2, -0.15) is 0 Å². The van der Waals surface area contributed by atoms with E-state index in [0.29, 0.717) is 17.6 Å². The molecule has 0 aliphatic heterocycles. The molecule has 5 nitrogen and oxygen atoms in total. The minimum Gasteiger partial charge on any atom is -0.308 e. The maximum absolute atomic E-state index is 5.50. The molecule has 0 saturated heterocycles. The summed E-state index contributed by atoms with van der Waals surface area (Å²) in [4.78, 5) is 13.6. The summed E-state index contributed by atoms with van der Waals surface area (Å²) in [7, 11) is 0. The van der Waals surface area contributed by atoms with E-state index in [9.17, 15) is 0 Å². The van der Waals surface area contributed by atoms with E-state index in [1.165, 1.54) is 0 Å². The second-order valence-electron chi connectivity index (χ2n) is 5.19. The number of para-hydroxylation sites is 1. The molecule has 0 spiro atoms. The third-order valence-electron chi connectivity index (χ3n) is 3.31. The largest absolute Gasteiger partial charge is 0.308 e. The van der Waals surface area contributed by atoms with Crippen molar-refractivity contribution >= 4 is 16.7 Å². The Balaban J connectivity index is 2.14. The molecule has 0 radical (unpaired) electrons. The quantitative estimate of drug-likeness (QED) is 0.569. The molecule has 0 fully saturated rings. The number of fused-ring (bicyclic) bond motifs is 1. The number of hydrazine groups is 1. The Morgan fingerprint density at radius 3 is 2.57 bits per heavy atom. The van der Waals surface area contributed by atoms with Gasteiger partial charge in [-0.15, -0.1) is 0 Å². The van der Waals surface area contributed by atoms with Crippen molar-refractivity contribution in [1.29, 1.82) is 0 Å². The molecule has 0 aliphatic rings. The van der Waals surface area contributed by atoms with Gasteiger partial charge in [-0.1, -0.05) is 38.1 Å². The maximum Gasteiger partial charge on any atom is 0.180 e. The normalized spacial score (nSPS) is 11.0. The fraction of sp³-hybridized carbons (Fsp3) is 0.188. The van der Waals surface area contributed by atoms with E-state index in [-0.39, 0.29) is 0 Å². The summed E-state index contributed by atoms with van der Waals surface area (Å²) in [5.41, 5.74) is 5.19. The first-order valence-electron chi connectivity index (χ1n) is 6.89. The molecule has 2 heterocycles. The van der Waals surface area contributed by atoms with Crippen molar-refractivity contribution in [2.75, 3.05) is 5.43 Å². The van der Waals surface area contributed by atoms with E-state index in [0.717, 1.165) is 22.3 Å². The van der Waals surface area contributed by atoms with Gasteiger partial charge in [-0.25, -0.2) is 20.8 Å². The molecule has 0 aliphatic carbocycles. The maximum atomic E-state index is 5.50. The second kappa shape index (κ2) is 5.46. The summed E-state index contributed by atoms with van der Waals surface area (Å²) in [6.45, 7) is 4.17. The number of nitrogens with one attached hydrogen (secondary N) is 1. The minimum atomic E-state index is 0.291. The number of anilines is 1. The highest BCUT2D eigenvalue weighted by atomic mass is 15.3. The number of nitrogen functional groups attached to an aromatic ring is 1. The molecule has 0 atom stereocenters. The Morgan fingerprint density at radius 1 is 1.00 bits per heavy atom. The lowest BCUT2D eigenvalue weighted by molar-refractivity contribution is 0.816. The van der Waals surface area contributed by atoms with Gasteiger partial charge in [0.05, 0.1) is 5.52 Å². The predicted octanol–water partition coefficient (Wildman–Crippen LogP) is 3.10. The van der Waals surface area contributed by atoms with Gasteiger partial charge in [0.2, 0.25) is 0 Å². The van der Waals surface area contributed by atoms with E-state index in [2.05, 4.69) is 34.2 Å². The lowest BCUT2D eigenvalue weighted by atomic mass is 10.1. The number of rotatable bonds is 3. The van der Waals surface area contributed by atoms with Crippen molar-refractivity contribution in [2.45, 2.75) is 19.8 Å². The number of hydrogen-bond donors (Lipinski definition) is 2. The third-order valence-corrected chi connectivity index (χ3v) is 3.31. The van der Waals surface area contributed by atoms with Crippen molar-refractivity contribution in [3.05, 3.63) is 48.2 Å². The molecular weight excluding hydrogens is 262 g/mol. The smallest absolute Gasteiger partial charge is 0.180 e. The summed E-state index contributed by atoms with van der Waals surface area (Å²) < 4.78 is 0. The number of nitrogens with two attached hydrogens (primary N) is 1. The average molecular weight is 279 g/mol. The summed E-state index contributed by atoms with van der Waals surface area (Å²) in [6, 6.07) is 13.8. The second-order valence-corrected chi connectivity index (χ2v) is 5.19. The van der Waals surface area contributed by atoms with Gasteiger partial charge in [0.1, 0.15) is 11.5 Å². The first-order valence-corrected chi connectivity index (χ1v) is 6.89. The topological polar surface area (TPSA) is 76.7 Å². The minimum absolute atomic E-state index is 0.291. The van der Waals surface area contributed by atoms with E-state index in [4.69, 9.17) is 5.84 Å². The van der Waals surface area contributed by atoms with Crippen LogP contribution in [0.2, 0.25) is 0 Å². The van der Waals surface area contributed by atoms with Crippen molar-refractivity contribution in [3.63, 3.8) is 0 Å². The van der Waals surface area contributed by atoms with Crippen LogP contribution in [0, 0.1) is 0 Å². The van der Waals surface area contributed by atoms with Gasteiger partial charge in [0.15, 0.2) is 5.82 Å². The molecule has 21 heavy (non-hydrogen) atoms. The van der Waals surface area contributed by atoms with Crippen molar-refractivity contribution in [2.24, 2.45) is 5.84 Å². The summed E-state index contributed by atoms with van der Waals surface area (Å²) in [5, 5.41) is 1.10.